The summed E-state index contributed by atoms with van der Waals surface area (Å²) in [5, 5.41) is 11.6. The molecule has 19 heavy (non-hydrogen) atoms. The molecule has 0 atom stereocenters. The van der Waals surface area contributed by atoms with Gasteiger partial charge in [-0.15, -0.1) is 0 Å². The average Bonchev–Trinajstić information content (AvgIpc) is 2.71. The van der Waals surface area contributed by atoms with E-state index in [0.717, 1.165) is 5.56 Å². The fraction of sp³-hybridized carbons (Fsp3) is 0.286. The van der Waals surface area contributed by atoms with Crippen LogP contribution in [0, 0.1) is 13.8 Å². The van der Waals surface area contributed by atoms with Gasteiger partial charge in [0, 0.05) is 19.2 Å². The van der Waals surface area contributed by atoms with E-state index in [4.69, 9.17) is 9.52 Å². The van der Waals surface area contributed by atoms with Crippen molar-refractivity contribution in [2.75, 3.05) is 11.9 Å². The van der Waals surface area contributed by atoms with Crippen molar-refractivity contribution in [3.8, 4) is 0 Å². The number of carbonyl (C=O) groups is 1. The number of aliphatic hydroxyl groups excluding tert-OH is 1. The van der Waals surface area contributed by atoms with Gasteiger partial charge < -0.3 is 14.8 Å². The summed E-state index contributed by atoms with van der Waals surface area (Å²) in [6.07, 6.45) is 0.606. The lowest BCUT2D eigenvalue weighted by molar-refractivity contribution is 0.0994. The number of anilines is 1. The highest BCUT2D eigenvalue weighted by Crippen LogP contribution is 2.14. The number of carbonyl (C=O) groups excluding carboxylic acids is 1. The van der Waals surface area contributed by atoms with Gasteiger partial charge in [0.25, 0.3) is 5.91 Å². The highest BCUT2D eigenvalue weighted by atomic mass is 16.4. The predicted octanol–water partition coefficient (Wildman–Crippen LogP) is 2.08. The Morgan fingerprint density at radius 2 is 2.00 bits per heavy atom. The van der Waals surface area contributed by atoms with Crippen LogP contribution in [-0.2, 0) is 6.42 Å². The molecule has 0 saturated carbocycles. The molecule has 5 heteroatoms. The van der Waals surface area contributed by atoms with Crippen molar-refractivity contribution in [1.29, 1.82) is 0 Å². The molecule has 2 rings (SSSR count). The minimum atomic E-state index is -0.312. The number of benzene rings is 1. The molecule has 0 spiro atoms. The van der Waals surface area contributed by atoms with Gasteiger partial charge in [-0.3, -0.25) is 4.79 Å². The number of amides is 1. The van der Waals surface area contributed by atoms with Crippen molar-refractivity contribution in [1.82, 2.24) is 4.98 Å². The van der Waals surface area contributed by atoms with Crippen LogP contribution in [0.25, 0.3) is 0 Å². The first-order valence-corrected chi connectivity index (χ1v) is 6.05. The van der Waals surface area contributed by atoms with Gasteiger partial charge in [-0.2, -0.15) is 0 Å². The van der Waals surface area contributed by atoms with E-state index >= 15 is 0 Å². The Labute approximate surface area is 111 Å². The van der Waals surface area contributed by atoms with Crippen molar-refractivity contribution < 1.29 is 14.3 Å². The van der Waals surface area contributed by atoms with E-state index in [1.807, 2.05) is 12.1 Å². The van der Waals surface area contributed by atoms with Crippen LogP contribution < -0.4 is 5.32 Å². The summed E-state index contributed by atoms with van der Waals surface area (Å²) >= 11 is 0. The van der Waals surface area contributed by atoms with E-state index in [0.29, 0.717) is 23.7 Å². The van der Waals surface area contributed by atoms with Gasteiger partial charge >= 0.3 is 0 Å². The van der Waals surface area contributed by atoms with Crippen molar-refractivity contribution >= 4 is 11.6 Å². The number of nitrogens with zero attached hydrogens (tertiary/aromatic N) is 1. The number of rotatable bonds is 4. The molecule has 0 unspecified atom stereocenters. The molecule has 1 amide bonds. The maximum atomic E-state index is 12.0. The minimum absolute atomic E-state index is 0.113. The molecule has 0 bridgehead atoms. The standard InChI is InChI=1S/C14H16N2O3/c1-9-13(19-10(2)15-9)14(18)16-12-5-3-11(4-6-12)7-8-17/h3-6,17H,7-8H2,1-2H3,(H,16,18). The fourth-order valence-corrected chi connectivity index (χ4v) is 1.81. The normalized spacial score (nSPS) is 10.5. The third-order valence-corrected chi connectivity index (χ3v) is 2.72. The van der Waals surface area contributed by atoms with Gasteiger partial charge in [-0.1, -0.05) is 12.1 Å². The molecule has 0 aliphatic carbocycles. The molecule has 2 aromatic rings. The monoisotopic (exact) mass is 260 g/mol. The van der Waals surface area contributed by atoms with Gasteiger partial charge in [0.2, 0.25) is 5.76 Å². The first-order valence-electron chi connectivity index (χ1n) is 6.05. The molecule has 0 saturated heterocycles. The van der Waals surface area contributed by atoms with Crippen LogP contribution in [0.3, 0.4) is 0 Å². The van der Waals surface area contributed by atoms with E-state index in [1.54, 1.807) is 26.0 Å². The van der Waals surface area contributed by atoms with Gasteiger partial charge in [0.1, 0.15) is 0 Å². The number of aromatic nitrogens is 1. The second-order valence-electron chi connectivity index (χ2n) is 4.27. The molecule has 100 valence electrons. The van der Waals surface area contributed by atoms with E-state index in [-0.39, 0.29) is 18.3 Å². The summed E-state index contributed by atoms with van der Waals surface area (Å²) in [5.74, 6) is 0.394. The van der Waals surface area contributed by atoms with Crippen LogP contribution in [0.2, 0.25) is 0 Å². The number of hydrogen-bond acceptors (Lipinski definition) is 4. The third-order valence-electron chi connectivity index (χ3n) is 2.72. The second kappa shape index (κ2) is 5.67. The molecule has 2 N–H and O–H groups in total. The maximum absolute atomic E-state index is 12.0. The SMILES string of the molecule is Cc1nc(C)c(C(=O)Nc2ccc(CCO)cc2)o1. The number of aliphatic hydroxyl groups is 1. The number of hydrogen-bond donors (Lipinski definition) is 2. The summed E-state index contributed by atoms with van der Waals surface area (Å²) in [4.78, 5) is 16.0. The third kappa shape index (κ3) is 3.20. The predicted molar refractivity (Wildman–Crippen MR) is 71.2 cm³/mol. The Bertz CT molecular complexity index is 573. The molecule has 0 aliphatic heterocycles. The highest BCUT2D eigenvalue weighted by Gasteiger charge is 2.15. The summed E-state index contributed by atoms with van der Waals surface area (Å²) < 4.78 is 5.25. The Hall–Kier alpha value is -2.14. The quantitative estimate of drug-likeness (QED) is 0.882. The first-order chi connectivity index (χ1) is 9.10. The molecular formula is C14H16N2O3. The Morgan fingerprint density at radius 1 is 1.32 bits per heavy atom. The summed E-state index contributed by atoms with van der Waals surface area (Å²) in [6, 6.07) is 7.32. The van der Waals surface area contributed by atoms with Crippen molar-refractivity contribution in [2.45, 2.75) is 20.3 Å². The topological polar surface area (TPSA) is 75.4 Å². The Morgan fingerprint density at radius 3 is 2.53 bits per heavy atom. The van der Waals surface area contributed by atoms with Crippen LogP contribution in [0.4, 0.5) is 5.69 Å². The molecule has 1 aromatic heterocycles. The molecular weight excluding hydrogens is 244 g/mol. The van der Waals surface area contributed by atoms with Crippen LogP contribution in [0.5, 0.6) is 0 Å². The zero-order valence-corrected chi connectivity index (χ0v) is 10.9. The van der Waals surface area contributed by atoms with Crippen LogP contribution in [-0.4, -0.2) is 22.6 Å². The van der Waals surface area contributed by atoms with Crippen LogP contribution >= 0.6 is 0 Å². The summed E-state index contributed by atoms with van der Waals surface area (Å²) in [7, 11) is 0. The lowest BCUT2D eigenvalue weighted by Crippen LogP contribution is -2.12. The summed E-state index contributed by atoms with van der Waals surface area (Å²) in [6.45, 7) is 3.55. The van der Waals surface area contributed by atoms with Gasteiger partial charge in [0.15, 0.2) is 5.89 Å². The molecule has 0 fully saturated rings. The van der Waals surface area contributed by atoms with E-state index < -0.39 is 0 Å². The molecule has 1 aromatic carbocycles. The molecule has 5 nitrogen and oxygen atoms in total. The van der Waals surface area contributed by atoms with Crippen molar-refractivity contribution in [3.63, 3.8) is 0 Å². The van der Waals surface area contributed by atoms with Gasteiger partial charge in [0.05, 0.1) is 5.69 Å². The molecule has 0 radical (unpaired) electrons. The zero-order chi connectivity index (χ0) is 13.8. The summed E-state index contributed by atoms with van der Waals surface area (Å²) in [5.41, 5.74) is 2.28. The van der Waals surface area contributed by atoms with Gasteiger partial charge in [-0.05, 0) is 31.0 Å². The van der Waals surface area contributed by atoms with Crippen molar-refractivity contribution in [2.24, 2.45) is 0 Å². The zero-order valence-electron chi connectivity index (χ0n) is 10.9. The number of aryl methyl sites for hydroxylation is 2. The van der Waals surface area contributed by atoms with Crippen LogP contribution in [0.15, 0.2) is 28.7 Å². The van der Waals surface area contributed by atoms with Crippen LogP contribution in [0.1, 0.15) is 27.7 Å². The lowest BCUT2D eigenvalue weighted by atomic mass is 10.1. The smallest absolute Gasteiger partial charge is 0.293 e. The number of oxazole rings is 1. The van der Waals surface area contributed by atoms with E-state index in [2.05, 4.69) is 10.3 Å². The molecule has 0 aliphatic rings. The lowest BCUT2D eigenvalue weighted by Gasteiger charge is -2.04. The van der Waals surface area contributed by atoms with E-state index in [9.17, 15) is 4.79 Å². The fourth-order valence-electron chi connectivity index (χ4n) is 1.81. The van der Waals surface area contributed by atoms with E-state index in [1.165, 1.54) is 0 Å². The number of nitrogens with one attached hydrogen (secondary N) is 1. The molecule has 1 heterocycles. The first kappa shape index (κ1) is 13.3. The highest BCUT2D eigenvalue weighted by molar-refractivity contribution is 6.02. The average molecular weight is 260 g/mol. The maximum Gasteiger partial charge on any atom is 0.293 e. The Kier molecular flexibility index (Phi) is 3.97. The van der Waals surface area contributed by atoms with Crippen molar-refractivity contribution in [3.05, 3.63) is 47.2 Å². The second-order valence-corrected chi connectivity index (χ2v) is 4.27. The largest absolute Gasteiger partial charge is 0.436 e. The van der Waals surface area contributed by atoms with Gasteiger partial charge in [-0.25, -0.2) is 4.98 Å². The minimum Gasteiger partial charge on any atom is -0.436 e. The Balaban J connectivity index is 2.08.